The van der Waals surface area contributed by atoms with Crippen molar-refractivity contribution in [2.24, 2.45) is 17.8 Å². The van der Waals surface area contributed by atoms with Gasteiger partial charge in [-0.05, 0) is 55.2 Å². The Bertz CT molecular complexity index is 631. The van der Waals surface area contributed by atoms with E-state index in [-0.39, 0.29) is 0 Å². The third-order valence-corrected chi connectivity index (χ3v) is 5.65. The van der Waals surface area contributed by atoms with Gasteiger partial charge in [0, 0.05) is 23.2 Å². The van der Waals surface area contributed by atoms with Crippen molar-refractivity contribution in [1.82, 2.24) is 4.57 Å². The quantitative estimate of drug-likeness (QED) is 0.700. The van der Waals surface area contributed by atoms with Crippen LogP contribution in [0.3, 0.4) is 0 Å². The lowest BCUT2D eigenvalue weighted by Crippen LogP contribution is -2.16. The normalized spacial score (nSPS) is 29.5. The van der Waals surface area contributed by atoms with Gasteiger partial charge in [-0.3, -0.25) is 0 Å². The second-order valence-electron chi connectivity index (χ2n) is 6.22. The lowest BCUT2D eigenvalue weighted by molar-refractivity contribution is 0.299. The lowest BCUT2D eigenvalue weighted by atomic mass is 9.89. The zero-order valence-corrected chi connectivity index (χ0v) is 12.3. The van der Waals surface area contributed by atoms with Gasteiger partial charge in [0.1, 0.15) is 0 Å². The maximum absolute atomic E-state index is 6.26. The highest BCUT2D eigenvalue weighted by Gasteiger charge is 2.39. The highest BCUT2D eigenvalue weighted by Crippen LogP contribution is 2.49. The molecule has 2 aliphatic rings. The number of hydrogen-bond donors (Lipinski definition) is 0. The van der Waals surface area contributed by atoms with Crippen molar-refractivity contribution in [3.8, 4) is 0 Å². The Morgan fingerprint density at radius 2 is 2.05 bits per heavy atom. The van der Waals surface area contributed by atoms with Gasteiger partial charge in [-0.25, -0.2) is 0 Å². The molecule has 100 valence electrons. The summed E-state index contributed by atoms with van der Waals surface area (Å²) < 4.78 is 2.35. The van der Waals surface area contributed by atoms with Crippen LogP contribution in [-0.2, 0) is 6.54 Å². The van der Waals surface area contributed by atoms with Crippen molar-refractivity contribution in [2.45, 2.75) is 32.2 Å². The number of benzene rings is 1. The Kier molecular flexibility index (Phi) is 2.82. The minimum atomic E-state index is 0.727. The molecule has 2 fully saturated rings. The van der Waals surface area contributed by atoms with Crippen LogP contribution in [0.15, 0.2) is 24.4 Å². The Morgan fingerprint density at radius 3 is 2.79 bits per heavy atom. The molecule has 0 aliphatic heterocycles. The average molecular weight is 294 g/mol. The van der Waals surface area contributed by atoms with Gasteiger partial charge in [0.15, 0.2) is 0 Å². The molecule has 0 saturated heterocycles. The van der Waals surface area contributed by atoms with E-state index in [0.29, 0.717) is 0 Å². The zero-order chi connectivity index (χ0) is 13.0. The van der Waals surface area contributed by atoms with Gasteiger partial charge in [0.2, 0.25) is 0 Å². The Hall–Kier alpha value is -0.660. The molecule has 0 spiro atoms. The summed E-state index contributed by atoms with van der Waals surface area (Å²) in [5, 5.41) is 2.61. The van der Waals surface area contributed by atoms with E-state index >= 15 is 0 Å². The van der Waals surface area contributed by atoms with E-state index in [1.54, 1.807) is 0 Å². The van der Waals surface area contributed by atoms with Crippen LogP contribution in [0, 0.1) is 17.8 Å². The predicted octanol–water partition coefficient (Wildman–Crippen LogP) is 5.38. The number of halogens is 2. The van der Waals surface area contributed by atoms with Crippen LogP contribution in [0.4, 0.5) is 0 Å². The van der Waals surface area contributed by atoms with Gasteiger partial charge in [0.25, 0.3) is 0 Å². The van der Waals surface area contributed by atoms with Gasteiger partial charge in [-0.15, -0.1) is 0 Å². The fraction of sp³-hybridized carbons (Fsp3) is 0.500. The maximum atomic E-state index is 6.26. The molecule has 4 rings (SSSR count). The minimum absolute atomic E-state index is 0.727. The first-order valence-electron chi connectivity index (χ1n) is 7.14. The van der Waals surface area contributed by atoms with Crippen molar-refractivity contribution >= 4 is 34.1 Å². The van der Waals surface area contributed by atoms with Gasteiger partial charge < -0.3 is 4.57 Å². The largest absolute Gasteiger partial charge is 0.347 e. The van der Waals surface area contributed by atoms with Gasteiger partial charge in [0.05, 0.1) is 10.5 Å². The molecule has 2 aromatic rings. The Balaban J connectivity index is 1.68. The average Bonchev–Trinajstić information content (AvgIpc) is 3.05. The van der Waals surface area contributed by atoms with Crippen LogP contribution in [0.2, 0.25) is 10.0 Å². The summed E-state index contributed by atoms with van der Waals surface area (Å²) >= 11 is 12.4. The molecule has 0 radical (unpaired) electrons. The number of hydrogen-bond acceptors (Lipinski definition) is 0. The van der Waals surface area contributed by atoms with Gasteiger partial charge >= 0.3 is 0 Å². The van der Waals surface area contributed by atoms with Crippen LogP contribution < -0.4 is 0 Å². The monoisotopic (exact) mass is 293 g/mol. The van der Waals surface area contributed by atoms with Crippen LogP contribution in [0.5, 0.6) is 0 Å². The molecule has 3 heteroatoms. The Morgan fingerprint density at radius 1 is 1.16 bits per heavy atom. The smallest absolute Gasteiger partial charge is 0.0514 e. The van der Waals surface area contributed by atoms with E-state index in [9.17, 15) is 0 Å². The molecule has 0 N–H and O–H groups in total. The fourth-order valence-corrected chi connectivity index (χ4v) is 4.78. The summed E-state index contributed by atoms with van der Waals surface area (Å²) in [6.45, 7) is 1.13. The van der Waals surface area contributed by atoms with Crippen molar-refractivity contribution < 1.29 is 0 Å². The number of nitrogens with zero attached hydrogens (tertiary/aromatic N) is 1. The standard InChI is InChI=1S/C16H17Cl2N/c17-13-7-15(18)14-3-4-19(16(14)8-13)9-12-6-10-1-2-11(12)5-10/h3-4,7-8,10-12H,1-2,5-6,9H2. The number of rotatable bonds is 2. The van der Waals surface area contributed by atoms with Crippen LogP contribution >= 0.6 is 23.2 Å². The van der Waals surface area contributed by atoms with Crippen molar-refractivity contribution in [2.75, 3.05) is 0 Å². The van der Waals surface area contributed by atoms with E-state index in [4.69, 9.17) is 23.2 Å². The Labute approximate surface area is 123 Å². The van der Waals surface area contributed by atoms with Crippen molar-refractivity contribution in [1.29, 1.82) is 0 Å². The van der Waals surface area contributed by atoms with Crippen LogP contribution in [0.25, 0.3) is 10.9 Å². The molecule has 1 nitrogen and oxygen atoms in total. The first-order chi connectivity index (χ1) is 9.20. The number of fused-ring (bicyclic) bond motifs is 3. The summed E-state index contributed by atoms with van der Waals surface area (Å²) in [5.41, 5.74) is 1.18. The second-order valence-corrected chi connectivity index (χ2v) is 7.07. The molecule has 1 aromatic carbocycles. The summed E-state index contributed by atoms with van der Waals surface area (Å²) in [6.07, 6.45) is 7.95. The summed E-state index contributed by atoms with van der Waals surface area (Å²) in [6, 6.07) is 5.98. The zero-order valence-electron chi connectivity index (χ0n) is 10.8. The molecule has 3 unspecified atom stereocenters. The van der Waals surface area contributed by atoms with E-state index < -0.39 is 0 Å². The fourth-order valence-electron chi connectivity index (χ4n) is 4.23. The molecular weight excluding hydrogens is 277 g/mol. The van der Waals surface area contributed by atoms with Gasteiger partial charge in [-0.2, -0.15) is 0 Å². The van der Waals surface area contributed by atoms with Crippen LogP contribution in [-0.4, -0.2) is 4.57 Å². The highest BCUT2D eigenvalue weighted by molar-refractivity contribution is 6.38. The highest BCUT2D eigenvalue weighted by atomic mass is 35.5. The molecule has 0 amide bonds. The second kappa shape index (κ2) is 4.43. The first kappa shape index (κ1) is 12.1. The molecule has 19 heavy (non-hydrogen) atoms. The third-order valence-electron chi connectivity index (χ3n) is 5.12. The lowest BCUT2D eigenvalue weighted by Gasteiger charge is -2.22. The molecule has 2 saturated carbocycles. The third kappa shape index (κ3) is 1.98. The minimum Gasteiger partial charge on any atom is -0.347 e. The maximum Gasteiger partial charge on any atom is 0.0514 e. The molecule has 3 atom stereocenters. The summed E-state index contributed by atoms with van der Waals surface area (Å²) in [7, 11) is 0. The summed E-state index contributed by atoms with van der Waals surface area (Å²) in [5.74, 6) is 2.81. The topological polar surface area (TPSA) is 4.93 Å². The van der Waals surface area contributed by atoms with E-state index in [0.717, 1.165) is 39.7 Å². The van der Waals surface area contributed by atoms with Gasteiger partial charge in [-0.1, -0.05) is 29.6 Å². The predicted molar refractivity (Wildman–Crippen MR) is 80.9 cm³/mol. The SMILES string of the molecule is Clc1cc(Cl)c2ccn(CC3CC4CCC3C4)c2c1. The van der Waals surface area contributed by atoms with E-state index in [1.807, 2.05) is 12.1 Å². The molecule has 2 aliphatic carbocycles. The van der Waals surface area contributed by atoms with E-state index in [1.165, 1.54) is 31.2 Å². The number of aromatic nitrogens is 1. The first-order valence-corrected chi connectivity index (χ1v) is 7.90. The van der Waals surface area contributed by atoms with Crippen molar-refractivity contribution in [3.63, 3.8) is 0 Å². The molecule has 2 bridgehead atoms. The molecular formula is C16H17Cl2N. The van der Waals surface area contributed by atoms with E-state index in [2.05, 4.69) is 16.8 Å². The molecule has 1 heterocycles. The summed E-state index contributed by atoms with van der Waals surface area (Å²) in [4.78, 5) is 0. The van der Waals surface area contributed by atoms with Crippen LogP contribution in [0.1, 0.15) is 25.7 Å². The van der Waals surface area contributed by atoms with Crippen molar-refractivity contribution in [3.05, 3.63) is 34.4 Å². The molecule has 1 aromatic heterocycles.